The molecule has 1 atom stereocenters. The predicted octanol–water partition coefficient (Wildman–Crippen LogP) is 0.640. The van der Waals surface area contributed by atoms with Crippen molar-refractivity contribution in [2.24, 2.45) is 5.92 Å². The molecular formula is C10H19NO4. The molecule has 1 unspecified atom stereocenters. The zero-order valence-corrected chi connectivity index (χ0v) is 9.28. The third-order valence-electron chi connectivity index (χ3n) is 1.82. The van der Waals surface area contributed by atoms with Crippen LogP contribution in [0.1, 0.15) is 26.7 Å². The third-order valence-corrected chi connectivity index (χ3v) is 1.82. The molecule has 0 saturated heterocycles. The van der Waals surface area contributed by atoms with Crippen LogP contribution in [0.2, 0.25) is 0 Å². The molecular weight excluding hydrogens is 198 g/mol. The molecule has 15 heavy (non-hydrogen) atoms. The number of carbonyl (C=O) groups excluding carboxylic acids is 1. The van der Waals surface area contributed by atoms with Crippen LogP contribution in [0.15, 0.2) is 0 Å². The van der Waals surface area contributed by atoms with E-state index in [-0.39, 0.29) is 12.3 Å². The molecule has 0 aliphatic carbocycles. The Hall–Kier alpha value is -1.10. The second-order valence-corrected chi connectivity index (χ2v) is 3.40. The maximum Gasteiger partial charge on any atom is 0.304 e. The molecule has 0 aliphatic rings. The number of nitrogens with one attached hydrogen (secondary N) is 1. The SMILES string of the molecule is CCCOCCNC(=O)C(C)CC(=O)O. The first-order valence-corrected chi connectivity index (χ1v) is 5.15. The number of amides is 1. The lowest BCUT2D eigenvalue weighted by Gasteiger charge is -2.09. The molecule has 0 rings (SSSR count). The molecule has 1 amide bonds. The average molecular weight is 217 g/mol. The normalized spacial score (nSPS) is 12.1. The maximum atomic E-state index is 11.3. The third kappa shape index (κ3) is 7.93. The molecule has 0 aromatic heterocycles. The van der Waals surface area contributed by atoms with Gasteiger partial charge in [-0.25, -0.2) is 0 Å². The Labute approximate surface area is 89.8 Å². The second kappa shape index (κ2) is 8.23. The van der Waals surface area contributed by atoms with Gasteiger partial charge in [-0.1, -0.05) is 13.8 Å². The van der Waals surface area contributed by atoms with Crippen molar-refractivity contribution < 1.29 is 19.4 Å². The summed E-state index contributed by atoms with van der Waals surface area (Å²) in [4.78, 5) is 21.6. The summed E-state index contributed by atoms with van der Waals surface area (Å²) in [6, 6.07) is 0. The van der Waals surface area contributed by atoms with E-state index in [0.29, 0.717) is 19.8 Å². The summed E-state index contributed by atoms with van der Waals surface area (Å²) in [5, 5.41) is 11.1. The molecule has 5 heteroatoms. The Balaban J connectivity index is 3.51. The summed E-state index contributed by atoms with van der Waals surface area (Å²) in [7, 11) is 0. The predicted molar refractivity (Wildman–Crippen MR) is 55.5 cm³/mol. The van der Waals surface area contributed by atoms with E-state index in [2.05, 4.69) is 5.32 Å². The number of hydrogen-bond donors (Lipinski definition) is 2. The van der Waals surface area contributed by atoms with Gasteiger partial charge in [0.05, 0.1) is 13.0 Å². The van der Waals surface area contributed by atoms with Crippen LogP contribution in [-0.2, 0) is 14.3 Å². The van der Waals surface area contributed by atoms with Crippen molar-refractivity contribution >= 4 is 11.9 Å². The molecule has 0 aliphatic heterocycles. The Morgan fingerprint density at radius 1 is 1.40 bits per heavy atom. The van der Waals surface area contributed by atoms with E-state index in [9.17, 15) is 9.59 Å². The van der Waals surface area contributed by atoms with E-state index in [1.165, 1.54) is 0 Å². The number of carbonyl (C=O) groups is 2. The highest BCUT2D eigenvalue weighted by Gasteiger charge is 2.15. The van der Waals surface area contributed by atoms with E-state index in [1.807, 2.05) is 6.92 Å². The zero-order chi connectivity index (χ0) is 11.7. The van der Waals surface area contributed by atoms with Crippen LogP contribution in [0.5, 0.6) is 0 Å². The van der Waals surface area contributed by atoms with Crippen molar-refractivity contribution in [3.63, 3.8) is 0 Å². The minimum Gasteiger partial charge on any atom is -0.481 e. The van der Waals surface area contributed by atoms with Gasteiger partial charge in [0.25, 0.3) is 0 Å². The average Bonchev–Trinajstić information content (AvgIpc) is 2.16. The first-order valence-electron chi connectivity index (χ1n) is 5.15. The van der Waals surface area contributed by atoms with E-state index in [4.69, 9.17) is 9.84 Å². The fourth-order valence-corrected chi connectivity index (χ4v) is 1.02. The van der Waals surface area contributed by atoms with Gasteiger partial charge >= 0.3 is 5.97 Å². The highest BCUT2D eigenvalue weighted by molar-refractivity contribution is 5.82. The number of aliphatic carboxylic acids is 1. The van der Waals surface area contributed by atoms with Gasteiger partial charge < -0.3 is 15.2 Å². The first kappa shape index (κ1) is 13.9. The van der Waals surface area contributed by atoms with Gasteiger partial charge in [0.2, 0.25) is 5.91 Å². The lowest BCUT2D eigenvalue weighted by molar-refractivity contribution is -0.140. The van der Waals surface area contributed by atoms with Crippen LogP contribution in [-0.4, -0.2) is 36.7 Å². The molecule has 0 saturated carbocycles. The molecule has 0 bridgehead atoms. The molecule has 0 aromatic rings. The molecule has 0 radical (unpaired) electrons. The number of rotatable bonds is 8. The second-order valence-electron chi connectivity index (χ2n) is 3.40. The minimum absolute atomic E-state index is 0.137. The Morgan fingerprint density at radius 3 is 2.60 bits per heavy atom. The van der Waals surface area contributed by atoms with Crippen LogP contribution in [0.4, 0.5) is 0 Å². The smallest absolute Gasteiger partial charge is 0.304 e. The monoisotopic (exact) mass is 217 g/mol. The molecule has 0 spiro atoms. The highest BCUT2D eigenvalue weighted by Crippen LogP contribution is 2.00. The lowest BCUT2D eigenvalue weighted by atomic mass is 10.1. The van der Waals surface area contributed by atoms with Crippen molar-refractivity contribution in [2.75, 3.05) is 19.8 Å². The van der Waals surface area contributed by atoms with Crippen molar-refractivity contribution in [3.8, 4) is 0 Å². The van der Waals surface area contributed by atoms with Gasteiger partial charge in [-0.2, -0.15) is 0 Å². The molecule has 2 N–H and O–H groups in total. The summed E-state index contributed by atoms with van der Waals surface area (Å²) in [5.74, 6) is -1.69. The van der Waals surface area contributed by atoms with Gasteiger partial charge in [-0.3, -0.25) is 9.59 Å². The summed E-state index contributed by atoms with van der Waals surface area (Å²) in [6.45, 7) is 5.19. The largest absolute Gasteiger partial charge is 0.481 e. The Kier molecular flexibility index (Phi) is 7.62. The number of hydrogen-bond acceptors (Lipinski definition) is 3. The van der Waals surface area contributed by atoms with Crippen LogP contribution in [0.25, 0.3) is 0 Å². The van der Waals surface area contributed by atoms with E-state index < -0.39 is 11.9 Å². The topological polar surface area (TPSA) is 75.6 Å². The van der Waals surface area contributed by atoms with Crippen molar-refractivity contribution in [3.05, 3.63) is 0 Å². The summed E-state index contributed by atoms with van der Waals surface area (Å²) in [5.41, 5.74) is 0. The summed E-state index contributed by atoms with van der Waals surface area (Å²) < 4.78 is 5.16. The van der Waals surface area contributed by atoms with Crippen molar-refractivity contribution in [2.45, 2.75) is 26.7 Å². The summed E-state index contributed by atoms with van der Waals surface area (Å²) in [6.07, 6.45) is 0.811. The van der Waals surface area contributed by atoms with Crippen molar-refractivity contribution in [1.82, 2.24) is 5.32 Å². The number of ether oxygens (including phenoxy) is 1. The van der Waals surface area contributed by atoms with Crippen LogP contribution in [0, 0.1) is 5.92 Å². The molecule has 0 heterocycles. The molecule has 5 nitrogen and oxygen atoms in total. The van der Waals surface area contributed by atoms with Gasteiger partial charge in [0.1, 0.15) is 0 Å². The van der Waals surface area contributed by atoms with Crippen LogP contribution in [0.3, 0.4) is 0 Å². The standard InChI is InChI=1S/C10H19NO4/c1-3-5-15-6-4-11-10(14)8(2)7-9(12)13/h8H,3-7H2,1-2H3,(H,11,14)(H,12,13). The number of carboxylic acid groups (broad SMARTS) is 1. The first-order chi connectivity index (χ1) is 7.07. The van der Waals surface area contributed by atoms with Gasteiger partial charge in [0.15, 0.2) is 0 Å². The number of carboxylic acids is 1. The van der Waals surface area contributed by atoms with Gasteiger partial charge in [-0.15, -0.1) is 0 Å². The molecule has 0 fully saturated rings. The van der Waals surface area contributed by atoms with E-state index >= 15 is 0 Å². The minimum atomic E-state index is -0.958. The zero-order valence-electron chi connectivity index (χ0n) is 9.28. The lowest BCUT2D eigenvalue weighted by Crippen LogP contribution is -2.33. The molecule has 0 aromatic carbocycles. The van der Waals surface area contributed by atoms with Gasteiger partial charge in [0, 0.05) is 19.1 Å². The van der Waals surface area contributed by atoms with Crippen molar-refractivity contribution in [1.29, 1.82) is 0 Å². The fourth-order valence-electron chi connectivity index (χ4n) is 1.02. The molecule has 88 valence electrons. The van der Waals surface area contributed by atoms with E-state index in [1.54, 1.807) is 6.92 Å². The summed E-state index contributed by atoms with van der Waals surface area (Å²) >= 11 is 0. The maximum absolute atomic E-state index is 11.3. The fraction of sp³-hybridized carbons (Fsp3) is 0.800. The Bertz CT molecular complexity index is 206. The van der Waals surface area contributed by atoms with E-state index in [0.717, 1.165) is 6.42 Å². The Morgan fingerprint density at radius 2 is 2.07 bits per heavy atom. The van der Waals surface area contributed by atoms with Crippen LogP contribution < -0.4 is 5.32 Å². The highest BCUT2D eigenvalue weighted by atomic mass is 16.5. The van der Waals surface area contributed by atoms with Crippen LogP contribution >= 0.6 is 0 Å². The quantitative estimate of drug-likeness (QED) is 0.585. The van der Waals surface area contributed by atoms with Gasteiger partial charge in [-0.05, 0) is 6.42 Å².